The normalized spacial score (nSPS) is 12.5. The third kappa shape index (κ3) is 3.98. The van der Waals surface area contributed by atoms with Gasteiger partial charge < -0.3 is 10.0 Å². The molecule has 0 saturated carbocycles. The summed E-state index contributed by atoms with van der Waals surface area (Å²) in [5, 5.41) is 13.8. The van der Waals surface area contributed by atoms with Gasteiger partial charge in [-0.15, -0.1) is 6.58 Å². The number of thiophene rings is 1. The van der Waals surface area contributed by atoms with E-state index in [-0.39, 0.29) is 11.8 Å². The largest absolute Gasteiger partial charge is 0.383 e. The van der Waals surface area contributed by atoms with Crippen LogP contribution in [-0.2, 0) is 11.3 Å². The van der Waals surface area contributed by atoms with Crippen molar-refractivity contribution >= 4 is 17.2 Å². The molecule has 0 radical (unpaired) electrons. The van der Waals surface area contributed by atoms with Crippen molar-refractivity contribution in [1.29, 1.82) is 0 Å². The van der Waals surface area contributed by atoms with E-state index in [1.165, 1.54) is 0 Å². The molecule has 1 atom stereocenters. The van der Waals surface area contributed by atoms with E-state index < -0.39 is 6.10 Å². The maximum absolute atomic E-state index is 12.0. The molecule has 1 rings (SSSR count). The predicted molar refractivity (Wildman–Crippen MR) is 70.8 cm³/mol. The van der Waals surface area contributed by atoms with E-state index in [1.54, 1.807) is 22.3 Å². The summed E-state index contributed by atoms with van der Waals surface area (Å²) in [7, 11) is 0. The Hall–Kier alpha value is -1.13. The summed E-state index contributed by atoms with van der Waals surface area (Å²) < 4.78 is 0. The summed E-state index contributed by atoms with van der Waals surface area (Å²) in [4.78, 5) is 13.7. The number of aliphatic hydroxyl groups excluding tert-OH is 1. The Labute approximate surface area is 106 Å². The van der Waals surface area contributed by atoms with Crippen LogP contribution in [-0.4, -0.2) is 28.6 Å². The Morgan fingerprint density at radius 1 is 1.65 bits per heavy atom. The zero-order valence-corrected chi connectivity index (χ0v) is 11.1. The van der Waals surface area contributed by atoms with E-state index in [0.717, 1.165) is 5.56 Å². The minimum atomic E-state index is -0.936. The zero-order chi connectivity index (χ0) is 12.8. The van der Waals surface area contributed by atoms with Crippen LogP contribution in [0.25, 0.3) is 0 Å². The monoisotopic (exact) mass is 253 g/mol. The van der Waals surface area contributed by atoms with Crippen LogP contribution in [0.4, 0.5) is 0 Å². The molecule has 1 amide bonds. The Balaban J connectivity index is 2.71. The summed E-state index contributed by atoms with van der Waals surface area (Å²) in [5.74, 6) is -0.302. The van der Waals surface area contributed by atoms with Gasteiger partial charge in [0, 0.05) is 13.1 Å². The molecule has 0 unspecified atom stereocenters. The first-order chi connectivity index (χ1) is 8.06. The molecule has 1 N–H and O–H groups in total. The van der Waals surface area contributed by atoms with Gasteiger partial charge in [-0.3, -0.25) is 4.79 Å². The maximum Gasteiger partial charge on any atom is 0.252 e. The highest BCUT2D eigenvalue weighted by Crippen LogP contribution is 2.12. The standard InChI is InChI=1S/C13H19NO2S/c1-4-6-14(8-11-5-7-17-9-11)13(16)12(15)10(2)3/h4-5,7,9-10,12,15H,1,6,8H2,2-3H3/t12-/m1/s1. The number of carbonyl (C=O) groups excluding carboxylic acids is 1. The van der Waals surface area contributed by atoms with Crippen LogP contribution in [0.1, 0.15) is 19.4 Å². The van der Waals surface area contributed by atoms with Crippen molar-refractivity contribution in [2.24, 2.45) is 5.92 Å². The van der Waals surface area contributed by atoms with Gasteiger partial charge in [0.1, 0.15) is 6.10 Å². The summed E-state index contributed by atoms with van der Waals surface area (Å²) >= 11 is 1.60. The van der Waals surface area contributed by atoms with E-state index in [9.17, 15) is 9.90 Å². The second-order valence-electron chi connectivity index (χ2n) is 4.33. The molecule has 0 saturated heterocycles. The molecule has 3 nitrogen and oxygen atoms in total. The summed E-state index contributed by atoms with van der Waals surface area (Å²) in [6.07, 6.45) is 0.741. The average Bonchev–Trinajstić information content (AvgIpc) is 2.79. The lowest BCUT2D eigenvalue weighted by Gasteiger charge is -2.25. The number of nitrogens with zero attached hydrogens (tertiary/aromatic N) is 1. The SMILES string of the molecule is C=CCN(Cc1ccsc1)C(=O)[C@H](O)C(C)C. The summed E-state index contributed by atoms with van der Waals surface area (Å²) in [5.41, 5.74) is 1.08. The van der Waals surface area contributed by atoms with E-state index in [4.69, 9.17) is 0 Å². The highest BCUT2D eigenvalue weighted by molar-refractivity contribution is 7.07. The van der Waals surface area contributed by atoms with Gasteiger partial charge in [-0.2, -0.15) is 11.3 Å². The van der Waals surface area contributed by atoms with Crippen molar-refractivity contribution in [2.45, 2.75) is 26.5 Å². The Bertz CT molecular complexity index is 360. The quantitative estimate of drug-likeness (QED) is 0.790. The molecule has 1 aromatic heterocycles. The van der Waals surface area contributed by atoms with Crippen LogP contribution in [0.15, 0.2) is 29.5 Å². The Morgan fingerprint density at radius 2 is 2.35 bits per heavy atom. The maximum atomic E-state index is 12.0. The lowest BCUT2D eigenvalue weighted by atomic mass is 10.1. The predicted octanol–water partition coefficient (Wildman–Crippen LogP) is 2.28. The highest BCUT2D eigenvalue weighted by Gasteiger charge is 2.24. The number of carbonyl (C=O) groups is 1. The van der Waals surface area contributed by atoms with Crippen molar-refractivity contribution in [1.82, 2.24) is 4.90 Å². The molecule has 0 aromatic carbocycles. The second-order valence-corrected chi connectivity index (χ2v) is 5.11. The first-order valence-electron chi connectivity index (χ1n) is 5.65. The van der Waals surface area contributed by atoms with Gasteiger partial charge in [0.05, 0.1) is 0 Å². The minimum Gasteiger partial charge on any atom is -0.383 e. The fraction of sp³-hybridized carbons (Fsp3) is 0.462. The summed E-state index contributed by atoms with van der Waals surface area (Å²) in [6.45, 7) is 8.29. The van der Waals surface area contributed by atoms with Crippen molar-refractivity contribution in [3.05, 3.63) is 35.0 Å². The van der Waals surface area contributed by atoms with Crippen LogP contribution >= 0.6 is 11.3 Å². The molecule has 0 spiro atoms. The van der Waals surface area contributed by atoms with Gasteiger partial charge in [-0.25, -0.2) is 0 Å². The van der Waals surface area contributed by atoms with Gasteiger partial charge in [0.15, 0.2) is 0 Å². The van der Waals surface area contributed by atoms with Crippen LogP contribution < -0.4 is 0 Å². The Morgan fingerprint density at radius 3 is 2.82 bits per heavy atom. The lowest BCUT2D eigenvalue weighted by molar-refractivity contribution is -0.142. The molecule has 0 bridgehead atoms. The van der Waals surface area contributed by atoms with Crippen LogP contribution in [0.2, 0.25) is 0 Å². The molecule has 0 fully saturated rings. The van der Waals surface area contributed by atoms with E-state index in [2.05, 4.69) is 6.58 Å². The molecular weight excluding hydrogens is 234 g/mol. The number of amides is 1. The third-order valence-electron chi connectivity index (χ3n) is 2.50. The Kier molecular flexibility index (Phi) is 5.38. The van der Waals surface area contributed by atoms with Crippen molar-refractivity contribution in [2.75, 3.05) is 6.54 Å². The van der Waals surface area contributed by atoms with Gasteiger partial charge in [-0.05, 0) is 28.3 Å². The van der Waals surface area contributed by atoms with Gasteiger partial charge in [-0.1, -0.05) is 19.9 Å². The van der Waals surface area contributed by atoms with Crippen LogP contribution in [0, 0.1) is 5.92 Å². The highest BCUT2D eigenvalue weighted by atomic mass is 32.1. The minimum absolute atomic E-state index is 0.0720. The van der Waals surface area contributed by atoms with Crippen molar-refractivity contribution < 1.29 is 9.90 Å². The van der Waals surface area contributed by atoms with Crippen molar-refractivity contribution in [3.63, 3.8) is 0 Å². The van der Waals surface area contributed by atoms with Crippen LogP contribution in [0.3, 0.4) is 0 Å². The molecule has 0 aliphatic rings. The summed E-state index contributed by atoms with van der Waals surface area (Å²) in [6, 6.07) is 1.98. The average molecular weight is 253 g/mol. The van der Waals surface area contributed by atoms with Gasteiger partial charge in [0.2, 0.25) is 0 Å². The molecule has 4 heteroatoms. The van der Waals surface area contributed by atoms with E-state index in [0.29, 0.717) is 13.1 Å². The molecule has 94 valence electrons. The fourth-order valence-corrected chi connectivity index (χ4v) is 2.12. The number of rotatable bonds is 6. The number of hydrogen-bond acceptors (Lipinski definition) is 3. The molecule has 1 aromatic rings. The van der Waals surface area contributed by atoms with Gasteiger partial charge in [0.25, 0.3) is 5.91 Å². The molecule has 0 aliphatic heterocycles. The fourth-order valence-electron chi connectivity index (χ4n) is 1.46. The molecule has 0 aliphatic carbocycles. The zero-order valence-electron chi connectivity index (χ0n) is 10.3. The van der Waals surface area contributed by atoms with Crippen molar-refractivity contribution in [3.8, 4) is 0 Å². The number of aliphatic hydroxyl groups is 1. The number of hydrogen-bond donors (Lipinski definition) is 1. The van der Waals surface area contributed by atoms with Crippen LogP contribution in [0.5, 0.6) is 0 Å². The van der Waals surface area contributed by atoms with Gasteiger partial charge >= 0.3 is 0 Å². The van der Waals surface area contributed by atoms with E-state index >= 15 is 0 Å². The second kappa shape index (κ2) is 6.57. The van der Waals surface area contributed by atoms with E-state index in [1.807, 2.05) is 30.7 Å². The molecular formula is C13H19NO2S. The first kappa shape index (κ1) is 13.9. The smallest absolute Gasteiger partial charge is 0.252 e. The molecule has 1 heterocycles. The topological polar surface area (TPSA) is 40.5 Å². The molecule has 17 heavy (non-hydrogen) atoms. The lowest BCUT2D eigenvalue weighted by Crippen LogP contribution is -2.41. The third-order valence-corrected chi connectivity index (χ3v) is 3.23. The first-order valence-corrected chi connectivity index (χ1v) is 6.59.